The third-order valence-electron chi connectivity index (χ3n) is 5.69. The topological polar surface area (TPSA) is 67.2 Å². The number of hydrogen-bond acceptors (Lipinski definition) is 6. The Labute approximate surface area is 201 Å². The zero-order valence-corrected chi connectivity index (χ0v) is 19.5. The molecule has 2 aromatic carbocycles. The minimum atomic E-state index is 0.121. The largest absolute Gasteiger partial charge is 0.352 e. The number of rotatable bonds is 6. The molecule has 1 aliphatic rings. The van der Waals surface area contributed by atoms with Gasteiger partial charge in [0.1, 0.15) is 5.82 Å². The summed E-state index contributed by atoms with van der Waals surface area (Å²) in [6.07, 6.45) is 5.12. The molecule has 5 rings (SSSR count). The van der Waals surface area contributed by atoms with E-state index in [4.69, 9.17) is 16.6 Å². The van der Waals surface area contributed by atoms with Gasteiger partial charge in [0.15, 0.2) is 5.16 Å². The van der Waals surface area contributed by atoms with Gasteiger partial charge in [-0.05, 0) is 23.8 Å². The Kier molecular flexibility index (Phi) is 6.46. The second kappa shape index (κ2) is 9.80. The third kappa shape index (κ3) is 4.96. The first kappa shape index (κ1) is 21.7. The molecule has 0 N–H and O–H groups in total. The number of carbonyl (C=O) groups is 1. The fourth-order valence-corrected chi connectivity index (χ4v) is 5.05. The van der Waals surface area contributed by atoms with Gasteiger partial charge in [0, 0.05) is 43.6 Å². The molecule has 0 unspecified atom stereocenters. The van der Waals surface area contributed by atoms with E-state index >= 15 is 0 Å². The van der Waals surface area contributed by atoms with Crippen molar-refractivity contribution in [2.45, 2.75) is 11.7 Å². The van der Waals surface area contributed by atoms with Crippen molar-refractivity contribution in [3.63, 3.8) is 0 Å². The standard InChI is InChI=1S/C24H23ClN6OS/c25-19-6-7-21-20(14-19)28-24(31(21)16-18-4-2-1-3-5-18)33-17-23(32)30-12-10-29(11-13-30)22-15-26-8-9-27-22/h1-9,14-15H,10-13,16-17H2. The summed E-state index contributed by atoms with van der Waals surface area (Å²) in [6, 6.07) is 16.0. The summed E-state index contributed by atoms with van der Waals surface area (Å²) >= 11 is 7.67. The third-order valence-corrected chi connectivity index (χ3v) is 6.89. The average Bonchev–Trinajstić information content (AvgIpc) is 3.20. The predicted octanol–water partition coefficient (Wildman–Crippen LogP) is 3.97. The van der Waals surface area contributed by atoms with Crippen molar-refractivity contribution in [3.8, 4) is 0 Å². The first-order chi connectivity index (χ1) is 16.2. The molecule has 0 aliphatic carbocycles. The summed E-state index contributed by atoms with van der Waals surface area (Å²) in [5.74, 6) is 1.32. The van der Waals surface area contributed by atoms with Crippen LogP contribution in [0.25, 0.3) is 11.0 Å². The highest BCUT2D eigenvalue weighted by Gasteiger charge is 2.23. The SMILES string of the molecule is O=C(CSc1nc2cc(Cl)ccc2n1Cc1ccccc1)N1CCN(c2cnccn2)CC1. The summed E-state index contributed by atoms with van der Waals surface area (Å²) in [6.45, 7) is 3.53. The number of halogens is 1. The average molecular weight is 479 g/mol. The summed E-state index contributed by atoms with van der Waals surface area (Å²) in [7, 11) is 0. The van der Waals surface area contributed by atoms with Crippen molar-refractivity contribution in [3.05, 3.63) is 77.7 Å². The van der Waals surface area contributed by atoms with Crippen LogP contribution in [0.5, 0.6) is 0 Å². The molecule has 168 valence electrons. The molecule has 1 fully saturated rings. The van der Waals surface area contributed by atoms with Crippen LogP contribution in [-0.2, 0) is 11.3 Å². The lowest BCUT2D eigenvalue weighted by Gasteiger charge is -2.35. The van der Waals surface area contributed by atoms with Gasteiger partial charge in [0.05, 0.1) is 29.5 Å². The highest BCUT2D eigenvalue weighted by atomic mass is 35.5. The van der Waals surface area contributed by atoms with Crippen LogP contribution in [0.15, 0.2) is 72.3 Å². The van der Waals surface area contributed by atoms with Crippen LogP contribution in [0.3, 0.4) is 0 Å². The second-order valence-corrected chi connectivity index (χ2v) is 9.20. The Morgan fingerprint density at radius 1 is 1.03 bits per heavy atom. The minimum absolute atomic E-state index is 0.121. The van der Waals surface area contributed by atoms with Crippen molar-refractivity contribution in [2.75, 3.05) is 36.8 Å². The molecule has 3 heterocycles. The van der Waals surface area contributed by atoms with Gasteiger partial charge >= 0.3 is 0 Å². The Morgan fingerprint density at radius 2 is 1.85 bits per heavy atom. The number of amides is 1. The maximum atomic E-state index is 13.0. The van der Waals surface area contributed by atoms with Gasteiger partial charge in [-0.15, -0.1) is 0 Å². The zero-order valence-electron chi connectivity index (χ0n) is 18.0. The van der Waals surface area contributed by atoms with E-state index in [1.54, 1.807) is 18.6 Å². The molecule has 4 aromatic rings. The fourth-order valence-electron chi connectivity index (χ4n) is 3.97. The molecular weight excluding hydrogens is 456 g/mol. The van der Waals surface area contributed by atoms with Crippen LogP contribution in [0, 0.1) is 0 Å². The predicted molar refractivity (Wildman–Crippen MR) is 132 cm³/mol. The number of fused-ring (bicyclic) bond motifs is 1. The van der Waals surface area contributed by atoms with Gasteiger partial charge in [-0.25, -0.2) is 9.97 Å². The molecule has 1 amide bonds. The van der Waals surface area contributed by atoms with E-state index in [9.17, 15) is 4.79 Å². The first-order valence-corrected chi connectivity index (χ1v) is 12.1. The fraction of sp³-hybridized carbons (Fsp3) is 0.250. The molecule has 7 nitrogen and oxygen atoms in total. The maximum absolute atomic E-state index is 13.0. The summed E-state index contributed by atoms with van der Waals surface area (Å²) < 4.78 is 2.16. The highest BCUT2D eigenvalue weighted by Crippen LogP contribution is 2.27. The molecule has 0 spiro atoms. The smallest absolute Gasteiger partial charge is 0.233 e. The lowest BCUT2D eigenvalue weighted by Crippen LogP contribution is -2.49. The number of aromatic nitrogens is 4. The van der Waals surface area contributed by atoms with E-state index in [-0.39, 0.29) is 5.91 Å². The number of carbonyl (C=O) groups excluding carboxylic acids is 1. The molecule has 0 saturated carbocycles. The molecule has 0 radical (unpaired) electrons. The number of nitrogens with zero attached hydrogens (tertiary/aromatic N) is 6. The van der Waals surface area contributed by atoms with E-state index in [0.29, 0.717) is 30.4 Å². The van der Waals surface area contributed by atoms with Gasteiger partial charge in [-0.1, -0.05) is 53.7 Å². The lowest BCUT2D eigenvalue weighted by molar-refractivity contribution is -0.128. The molecule has 0 bridgehead atoms. The van der Waals surface area contributed by atoms with Crippen LogP contribution in [-0.4, -0.2) is 62.3 Å². The Morgan fingerprint density at radius 3 is 2.61 bits per heavy atom. The first-order valence-electron chi connectivity index (χ1n) is 10.8. The normalized spacial score (nSPS) is 14.1. The minimum Gasteiger partial charge on any atom is -0.352 e. The lowest BCUT2D eigenvalue weighted by atomic mass is 10.2. The van der Waals surface area contributed by atoms with Crippen molar-refractivity contribution < 1.29 is 4.79 Å². The zero-order chi connectivity index (χ0) is 22.6. The summed E-state index contributed by atoms with van der Waals surface area (Å²) in [5, 5.41) is 1.48. The van der Waals surface area contributed by atoms with Crippen molar-refractivity contribution >= 4 is 46.1 Å². The molecule has 2 aromatic heterocycles. The van der Waals surface area contributed by atoms with Gasteiger partial charge in [-0.3, -0.25) is 9.78 Å². The Hall–Kier alpha value is -3.10. The van der Waals surface area contributed by atoms with Crippen molar-refractivity contribution in [2.24, 2.45) is 0 Å². The summed E-state index contributed by atoms with van der Waals surface area (Å²) in [5.41, 5.74) is 3.03. The highest BCUT2D eigenvalue weighted by molar-refractivity contribution is 7.99. The molecule has 9 heteroatoms. The summed E-state index contributed by atoms with van der Waals surface area (Å²) in [4.78, 5) is 30.3. The van der Waals surface area contributed by atoms with E-state index in [1.165, 1.54) is 17.3 Å². The second-order valence-electron chi connectivity index (χ2n) is 7.82. The van der Waals surface area contributed by atoms with Crippen molar-refractivity contribution in [1.29, 1.82) is 0 Å². The van der Waals surface area contributed by atoms with Gasteiger partial charge in [0.25, 0.3) is 0 Å². The number of anilines is 1. The molecule has 1 saturated heterocycles. The Bertz CT molecular complexity index is 1240. The van der Waals surface area contributed by atoms with E-state index in [1.807, 2.05) is 41.3 Å². The number of benzene rings is 2. The van der Waals surface area contributed by atoms with E-state index in [0.717, 1.165) is 35.1 Å². The quantitative estimate of drug-likeness (QED) is 0.391. The molecule has 1 aliphatic heterocycles. The maximum Gasteiger partial charge on any atom is 0.233 e. The monoisotopic (exact) mass is 478 g/mol. The van der Waals surface area contributed by atoms with Crippen LogP contribution >= 0.6 is 23.4 Å². The molecule has 33 heavy (non-hydrogen) atoms. The van der Waals surface area contributed by atoms with Crippen molar-refractivity contribution in [1.82, 2.24) is 24.4 Å². The van der Waals surface area contributed by atoms with Crippen LogP contribution in [0.2, 0.25) is 5.02 Å². The van der Waals surface area contributed by atoms with E-state index < -0.39 is 0 Å². The van der Waals surface area contributed by atoms with Crippen LogP contribution in [0.4, 0.5) is 5.82 Å². The molecule has 0 atom stereocenters. The number of piperazine rings is 1. The molecular formula is C24H23ClN6OS. The number of hydrogen-bond donors (Lipinski definition) is 0. The van der Waals surface area contributed by atoms with Crippen LogP contribution < -0.4 is 4.90 Å². The van der Waals surface area contributed by atoms with Gasteiger partial charge < -0.3 is 14.4 Å². The van der Waals surface area contributed by atoms with E-state index in [2.05, 4.69) is 31.6 Å². The van der Waals surface area contributed by atoms with Crippen LogP contribution in [0.1, 0.15) is 5.56 Å². The van der Waals surface area contributed by atoms with Gasteiger partial charge in [-0.2, -0.15) is 0 Å². The van der Waals surface area contributed by atoms with Gasteiger partial charge in [0.2, 0.25) is 5.91 Å². The Balaban J connectivity index is 1.27. The number of thioether (sulfide) groups is 1. The number of imidazole rings is 1.